The number of fused-ring (bicyclic) bond motifs is 1. The fourth-order valence-corrected chi connectivity index (χ4v) is 2.17. The molecule has 0 saturated carbocycles. The maximum atomic E-state index is 13.6. The SMILES string of the molecule is Fc1cc(F)c(CNc2cccc3cnccc23)cc1F. The standard InChI is InChI=1S/C16H11F3N2/c17-13-7-15(19)14(18)6-11(13)9-21-16-3-1-2-10-8-20-5-4-12(10)16/h1-8,21H,9H2. The van der Waals surface area contributed by atoms with Crippen molar-refractivity contribution in [3.63, 3.8) is 0 Å². The number of nitrogens with zero attached hydrogens (tertiary/aromatic N) is 1. The Morgan fingerprint density at radius 2 is 1.76 bits per heavy atom. The van der Waals surface area contributed by atoms with E-state index in [-0.39, 0.29) is 12.1 Å². The zero-order valence-electron chi connectivity index (χ0n) is 10.9. The Hall–Kier alpha value is -2.56. The van der Waals surface area contributed by atoms with Crippen LogP contribution in [0.15, 0.2) is 48.8 Å². The van der Waals surface area contributed by atoms with Crippen molar-refractivity contribution in [2.45, 2.75) is 6.54 Å². The van der Waals surface area contributed by atoms with E-state index in [1.54, 1.807) is 12.4 Å². The number of pyridine rings is 1. The fourth-order valence-electron chi connectivity index (χ4n) is 2.17. The molecule has 0 aliphatic carbocycles. The van der Waals surface area contributed by atoms with Crippen LogP contribution in [-0.4, -0.2) is 4.98 Å². The number of hydrogen-bond donors (Lipinski definition) is 1. The topological polar surface area (TPSA) is 24.9 Å². The summed E-state index contributed by atoms with van der Waals surface area (Å²) in [4.78, 5) is 4.03. The molecule has 0 aliphatic rings. The molecule has 1 aromatic heterocycles. The smallest absolute Gasteiger partial charge is 0.161 e. The third-order valence-electron chi connectivity index (χ3n) is 3.24. The monoisotopic (exact) mass is 288 g/mol. The van der Waals surface area contributed by atoms with Gasteiger partial charge in [0.15, 0.2) is 11.6 Å². The van der Waals surface area contributed by atoms with Crippen LogP contribution in [0.4, 0.5) is 18.9 Å². The van der Waals surface area contributed by atoms with Crippen molar-refractivity contribution in [3.05, 3.63) is 71.8 Å². The van der Waals surface area contributed by atoms with Crippen molar-refractivity contribution in [2.24, 2.45) is 0 Å². The molecule has 0 aliphatic heterocycles. The third kappa shape index (κ3) is 2.67. The van der Waals surface area contributed by atoms with E-state index in [9.17, 15) is 13.2 Å². The predicted molar refractivity (Wildman–Crippen MR) is 75.4 cm³/mol. The summed E-state index contributed by atoms with van der Waals surface area (Å²) in [5.41, 5.74) is 0.846. The van der Waals surface area contributed by atoms with Crippen molar-refractivity contribution < 1.29 is 13.2 Å². The van der Waals surface area contributed by atoms with Crippen LogP contribution in [0.25, 0.3) is 10.8 Å². The summed E-state index contributed by atoms with van der Waals surface area (Å²) < 4.78 is 39.6. The normalized spacial score (nSPS) is 10.8. The first kappa shape index (κ1) is 13.4. The van der Waals surface area contributed by atoms with Crippen LogP contribution in [0.1, 0.15) is 5.56 Å². The summed E-state index contributed by atoms with van der Waals surface area (Å²) in [7, 11) is 0. The number of hydrogen-bond acceptors (Lipinski definition) is 2. The molecule has 0 unspecified atom stereocenters. The maximum Gasteiger partial charge on any atom is 0.161 e. The maximum absolute atomic E-state index is 13.6. The Morgan fingerprint density at radius 3 is 2.62 bits per heavy atom. The van der Waals surface area contributed by atoms with Crippen molar-refractivity contribution in [2.75, 3.05) is 5.32 Å². The lowest BCUT2D eigenvalue weighted by Gasteiger charge is -2.10. The van der Waals surface area contributed by atoms with Crippen LogP contribution >= 0.6 is 0 Å². The van der Waals surface area contributed by atoms with Crippen molar-refractivity contribution in [3.8, 4) is 0 Å². The van der Waals surface area contributed by atoms with Crippen LogP contribution in [0.2, 0.25) is 0 Å². The van der Waals surface area contributed by atoms with E-state index in [0.29, 0.717) is 6.07 Å². The molecule has 0 saturated heterocycles. The second-order valence-corrected chi connectivity index (χ2v) is 4.61. The quantitative estimate of drug-likeness (QED) is 0.728. The zero-order valence-corrected chi connectivity index (χ0v) is 10.9. The third-order valence-corrected chi connectivity index (χ3v) is 3.24. The largest absolute Gasteiger partial charge is 0.380 e. The van der Waals surface area contributed by atoms with E-state index in [1.165, 1.54) is 0 Å². The number of nitrogens with one attached hydrogen (secondary N) is 1. The van der Waals surface area contributed by atoms with Crippen molar-refractivity contribution >= 4 is 16.5 Å². The average molecular weight is 288 g/mol. The highest BCUT2D eigenvalue weighted by Crippen LogP contribution is 2.23. The lowest BCUT2D eigenvalue weighted by Crippen LogP contribution is -2.04. The molecule has 0 fully saturated rings. The molecule has 0 bridgehead atoms. The van der Waals surface area contributed by atoms with Gasteiger partial charge in [0.25, 0.3) is 0 Å². The Morgan fingerprint density at radius 1 is 0.952 bits per heavy atom. The molecule has 2 nitrogen and oxygen atoms in total. The van der Waals surface area contributed by atoms with Gasteiger partial charge in [-0.1, -0.05) is 12.1 Å². The molecule has 1 heterocycles. The molecular weight excluding hydrogens is 277 g/mol. The van der Waals surface area contributed by atoms with Crippen molar-refractivity contribution in [1.82, 2.24) is 4.98 Å². The molecule has 3 aromatic rings. The highest BCUT2D eigenvalue weighted by molar-refractivity contribution is 5.93. The van der Waals surface area contributed by atoms with Gasteiger partial charge in [-0.3, -0.25) is 4.98 Å². The summed E-state index contributed by atoms with van der Waals surface area (Å²) in [6.45, 7) is 0.0600. The molecule has 0 radical (unpaired) electrons. The molecule has 5 heteroatoms. The predicted octanol–water partition coefficient (Wildman–Crippen LogP) is 4.26. The first-order valence-electron chi connectivity index (χ1n) is 6.35. The van der Waals surface area contributed by atoms with Gasteiger partial charge in [-0.05, 0) is 18.2 Å². The van der Waals surface area contributed by atoms with E-state index in [4.69, 9.17) is 0 Å². The van der Waals surface area contributed by atoms with Gasteiger partial charge < -0.3 is 5.32 Å². The Kier molecular flexibility index (Phi) is 3.48. The molecule has 0 spiro atoms. The number of benzene rings is 2. The minimum Gasteiger partial charge on any atom is -0.380 e. The lowest BCUT2D eigenvalue weighted by atomic mass is 10.1. The van der Waals surface area contributed by atoms with Gasteiger partial charge in [0.05, 0.1) is 0 Å². The van der Waals surface area contributed by atoms with Crippen LogP contribution in [0.5, 0.6) is 0 Å². The Labute approximate surface area is 119 Å². The number of rotatable bonds is 3. The van der Waals surface area contributed by atoms with Gasteiger partial charge in [-0.2, -0.15) is 0 Å². The van der Waals surface area contributed by atoms with Gasteiger partial charge in [-0.15, -0.1) is 0 Å². The first-order valence-corrected chi connectivity index (χ1v) is 6.35. The van der Waals surface area contributed by atoms with Crippen LogP contribution < -0.4 is 5.32 Å². The summed E-state index contributed by atoms with van der Waals surface area (Å²) in [5.74, 6) is -3.02. The molecule has 21 heavy (non-hydrogen) atoms. The van der Waals surface area contributed by atoms with Crippen molar-refractivity contribution in [1.29, 1.82) is 0 Å². The Bertz CT molecular complexity index is 797. The molecule has 2 aromatic carbocycles. The van der Waals surface area contributed by atoms with Crippen LogP contribution in [0.3, 0.4) is 0 Å². The van der Waals surface area contributed by atoms with Crippen LogP contribution in [0, 0.1) is 17.5 Å². The minimum atomic E-state index is -1.19. The van der Waals surface area contributed by atoms with Gasteiger partial charge in [0, 0.05) is 47.0 Å². The lowest BCUT2D eigenvalue weighted by molar-refractivity contribution is 0.490. The first-order chi connectivity index (χ1) is 10.1. The summed E-state index contributed by atoms with van der Waals surface area (Å²) >= 11 is 0. The average Bonchev–Trinajstić information content (AvgIpc) is 2.49. The fraction of sp³-hybridized carbons (Fsp3) is 0.0625. The van der Waals surface area contributed by atoms with Gasteiger partial charge in [-0.25, -0.2) is 13.2 Å². The van der Waals surface area contributed by atoms with Gasteiger partial charge >= 0.3 is 0 Å². The van der Waals surface area contributed by atoms with E-state index in [1.807, 2.05) is 24.3 Å². The molecule has 1 N–H and O–H groups in total. The molecular formula is C16H11F3N2. The molecule has 3 rings (SSSR count). The van der Waals surface area contributed by atoms with Crippen LogP contribution in [-0.2, 0) is 6.54 Å². The summed E-state index contributed by atoms with van der Waals surface area (Å²) in [6, 6.07) is 8.84. The summed E-state index contributed by atoms with van der Waals surface area (Å²) in [5, 5.41) is 4.90. The minimum absolute atomic E-state index is 0.0600. The second kappa shape index (κ2) is 5.44. The van der Waals surface area contributed by atoms with Gasteiger partial charge in [0.2, 0.25) is 0 Å². The van der Waals surface area contributed by atoms with E-state index in [2.05, 4.69) is 10.3 Å². The molecule has 106 valence electrons. The van der Waals surface area contributed by atoms with E-state index in [0.717, 1.165) is 22.5 Å². The summed E-state index contributed by atoms with van der Waals surface area (Å²) in [6.07, 6.45) is 3.38. The van der Waals surface area contributed by atoms with E-state index < -0.39 is 17.5 Å². The second-order valence-electron chi connectivity index (χ2n) is 4.61. The Balaban J connectivity index is 1.89. The van der Waals surface area contributed by atoms with E-state index >= 15 is 0 Å². The molecule has 0 amide bonds. The number of anilines is 1. The highest BCUT2D eigenvalue weighted by Gasteiger charge is 2.10. The van der Waals surface area contributed by atoms with Gasteiger partial charge in [0.1, 0.15) is 5.82 Å². The zero-order chi connectivity index (χ0) is 14.8. The highest BCUT2D eigenvalue weighted by atomic mass is 19.2. The number of aromatic nitrogens is 1. The number of halogens is 3. The molecule has 0 atom stereocenters.